The van der Waals surface area contributed by atoms with Gasteiger partial charge >= 0.3 is 5.97 Å². The molecule has 4 aliphatic rings. The topological polar surface area (TPSA) is 35.5 Å². The summed E-state index contributed by atoms with van der Waals surface area (Å²) in [4.78, 5) is 11.9. The van der Waals surface area contributed by atoms with Crippen molar-refractivity contribution >= 4 is 17.6 Å². The Morgan fingerprint density at radius 1 is 1.19 bits per heavy atom. The van der Waals surface area contributed by atoms with Crippen molar-refractivity contribution in [2.24, 2.45) is 40.4 Å². The Balaban J connectivity index is 1.30. The number of carbonyl (C=O) groups is 1. The maximum absolute atomic E-state index is 11.9. The van der Waals surface area contributed by atoms with Crippen molar-refractivity contribution in [1.82, 2.24) is 0 Å². The van der Waals surface area contributed by atoms with Gasteiger partial charge in [-0.25, -0.2) is 4.79 Å². The van der Waals surface area contributed by atoms with Gasteiger partial charge in [0.1, 0.15) is 11.9 Å². The second-order valence-electron chi connectivity index (χ2n) is 11.0. The minimum absolute atomic E-state index is 0.000190. The third kappa shape index (κ3) is 3.52. The molecule has 1 heterocycles. The number of hydrogen-bond acceptors (Lipinski definition) is 3. The van der Waals surface area contributed by atoms with Gasteiger partial charge in [-0.1, -0.05) is 44.5 Å². The van der Waals surface area contributed by atoms with Crippen molar-refractivity contribution < 1.29 is 14.3 Å². The SMILES string of the molecule is CC1CC2OC(=O)C=C[C@]2(C)[C@@H]2CC[C@]3(C)C(CCOc4cccc(Cl)c4)CC[C@H]3[C@H]12. The molecule has 0 aromatic heterocycles. The van der Waals surface area contributed by atoms with Crippen LogP contribution in [0.1, 0.15) is 59.3 Å². The number of halogens is 1. The summed E-state index contributed by atoms with van der Waals surface area (Å²) in [5, 5.41) is 0.726. The second kappa shape index (κ2) is 7.83. The minimum atomic E-state index is -0.158. The van der Waals surface area contributed by atoms with Crippen molar-refractivity contribution in [3.8, 4) is 5.75 Å². The van der Waals surface area contributed by atoms with E-state index in [1.54, 1.807) is 6.08 Å². The van der Waals surface area contributed by atoms with Gasteiger partial charge in [-0.05, 0) is 91.7 Å². The van der Waals surface area contributed by atoms with Crippen LogP contribution >= 0.6 is 11.6 Å². The minimum Gasteiger partial charge on any atom is -0.494 e. The molecule has 5 rings (SSSR count). The van der Waals surface area contributed by atoms with Crippen LogP contribution in [0.2, 0.25) is 5.02 Å². The molecule has 0 saturated heterocycles. The first-order chi connectivity index (χ1) is 14.8. The van der Waals surface area contributed by atoms with Gasteiger partial charge in [0.2, 0.25) is 0 Å². The Labute approximate surface area is 191 Å². The van der Waals surface area contributed by atoms with Crippen LogP contribution in [0.15, 0.2) is 36.4 Å². The lowest BCUT2D eigenvalue weighted by Gasteiger charge is -2.60. The van der Waals surface area contributed by atoms with E-state index in [1.165, 1.54) is 25.7 Å². The van der Waals surface area contributed by atoms with Crippen molar-refractivity contribution in [1.29, 1.82) is 0 Å². The fourth-order valence-corrected chi connectivity index (χ4v) is 8.17. The summed E-state index contributed by atoms with van der Waals surface area (Å²) in [6.07, 6.45) is 11.2. The van der Waals surface area contributed by atoms with Crippen molar-refractivity contribution in [3.63, 3.8) is 0 Å². The highest BCUT2D eigenvalue weighted by Gasteiger charge is 2.61. The molecule has 0 N–H and O–H groups in total. The van der Waals surface area contributed by atoms with Crippen LogP contribution in [-0.2, 0) is 9.53 Å². The average molecular weight is 443 g/mol. The predicted molar refractivity (Wildman–Crippen MR) is 123 cm³/mol. The first kappa shape index (κ1) is 21.4. The number of rotatable bonds is 4. The number of ether oxygens (including phenoxy) is 2. The second-order valence-corrected chi connectivity index (χ2v) is 11.5. The molecule has 3 saturated carbocycles. The summed E-state index contributed by atoms with van der Waals surface area (Å²) in [6, 6.07) is 7.72. The molecule has 4 heteroatoms. The van der Waals surface area contributed by atoms with Gasteiger partial charge in [0, 0.05) is 16.5 Å². The Hall–Kier alpha value is -1.48. The number of carbonyl (C=O) groups excluding carboxylic acids is 1. The van der Waals surface area contributed by atoms with E-state index < -0.39 is 0 Å². The largest absolute Gasteiger partial charge is 0.494 e. The Kier molecular flexibility index (Phi) is 5.40. The average Bonchev–Trinajstić information content (AvgIpc) is 3.06. The van der Waals surface area contributed by atoms with E-state index in [0.29, 0.717) is 17.3 Å². The highest BCUT2D eigenvalue weighted by Crippen LogP contribution is 2.66. The molecule has 3 nitrogen and oxygen atoms in total. The smallest absolute Gasteiger partial charge is 0.330 e. The lowest BCUT2D eigenvalue weighted by Crippen LogP contribution is -2.57. The van der Waals surface area contributed by atoms with E-state index in [1.807, 2.05) is 24.3 Å². The zero-order valence-electron chi connectivity index (χ0n) is 19.0. The first-order valence-corrected chi connectivity index (χ1v) is 12.5. The molecule has 31 heavy (non-hydrogen) atoms. The van der Waals surface area contributed by atoms with E-state index in [9.17, 15) is 4.79 Å². The van der Waals surface area contributed by atoms with E-state index in [-0.39, 0.29) is 17.5 Å². The van der Waals surface area contributed by atoms with Gasteiger partial charge in [-0.3, -0.25) is 0 Å². The standard InChI is InChI=1S/C27H35ClO3/c1-17-15-23-27(3,13-10-24(29)31-23)22-9-12-26(2)18(7-8-21(26)25(17)22)11-14-30-20-6-4-5-19(28)16-20/h4-6,10,13,16-18,21-23,25H,7-9,11-12,14-15H2,1-3H3/t17?,18?,21-,22+,23?,25-,26+,27+/m0/s1. The molecular formula is C27H35ClO3. The quantitative estimate of drug-likeness (QED) is 0.487. The molecule has 0 radical (unpaired) electrons. The van der Waals surface area contributed by atoms with Crippen molar-refractivity contribution in [2.45, 2.75) is 65.4 Å². The van der Waals surface area contributed by atoms with E-state index >= 15 is 0 Å². The van der Waals surface area contributed by atoms with Crippen LogP contribution in [0.4, 0.5) is 0 Å². The number of fused-ring (bicyclic) bond motifs is 5. The van der Waals surface area contributed by atoms with Crippen molar-refractivity contribution in [2.75, 3.05) is 6.61 Å². The fourth-order valence-electron chi connectivity index (χ4n) is 7.99. The molecule has 3 fully saturated rings. The summed E-state index contributed by atoms with van der Waals surface area (Å²) in [7, 11) is 0. The van der Waals surface area contributed by atoms with Crippen LogP contribution in [0.5, 0.6) is 5.75 Å². The Morgan fingerprint density at radius 2 is 2.03 bits per heavy atom. The molecule has 3 unspecified atom stereocenters. The summed E-state index contributed by atoms with van der Waals surface area (Å²) in [6.45, 7) is 8.07. The lowest BCUT2D eigenvalue weighted by atomic mass is 9.46. The molecule has 0 bridgehead atoms. The summed E-state index contributed by atoms with van der Waals surface area (Å²) in [5.41, 5.74) is 0.394. The van der Waals surface area contributed by atoms with E-state index in [0.717, 1.165) is 48.0 Å². The maximum atomic E-state index is 11.9. The maximum Gasteiger partial charge on any atom is 0.330 e. The summed E-state index contributed by atoms with van der Waals surface area (Å²) >= 11 is 6.10. The summed E-state index contributed by atoms with van der Waals surface area (Å²) in [5.74, 6) is 4.14. The first-order valence-electron chi connectivity index (χ1n) is 12.1. The zero-order valence-corrected chi connectivity index (χ0v) is 19.7. The van der Waals surface area contributed by atoms with Crippen LogP contribution < -0.4 is 4.74 Å². The number of esters is 1. The van der Waals surface area contributed by atoms with Crippen LogP contribution in [0.25, 0.3) is 0 Å². The van der Waals surface area contributed by atoms with Gasteiger partial charge in [0.15, 0.2) is 0 Å². The molecule has 0 spiro atoms. The van der Waals surface area contributed by atoms with E-state index in [4.69, 9.17) is 21.1 Å². The van der Waals surface area contributed by atoms with Crippen LogP contribution in [0, 0.1) is 40.4 Å². The van der Waals surface area contributed by atoms with Crippen LogP contribution in [0.3, 0.4) is 0 Å². The van der Waals surface area contributed by atoms with Gasteiger partial charge in [-0.2, -0.15) is 0 Å². The molecular weight excluding hydrogens is 408 g/mol. The van der Waals surface area contributed by atoms with E-state index in [2.05, 4.69) is 26.8 Å². The third-order valence-electron chi connectivity index (χ3n) is 9.63. The zero-order chi connectivity index (χ0) is 21.8. The highest BCUT2D eigenvalue weighted by molar-refractivity contribution is 6.30. The molecule has 3 aliphatic carbocycles. The monoisotopic (exact) mass is 442 g/mol. The normalized spacial score (nSPS) is 43.5. The lowest BCUT2D eigenvalue weighted by molar-refractivity contribution is -0.175. The molecule has 1 aliphatic heterocycles. The van der Waals surface area contributed by atoms with Gasteiger partial charge in [0.05, 0.1) is 6.61 Å². The molecule has 0 amide bonds. The van der Waals surface area contributed by atoms with Gasteiger partial charge in [-0.15, -0.1) is 0 Å². The Morgan fingerprint density at radius 3 is 2.84 bits per heavy atom. The van der Waals surface area contributed by atoms with Gasteiger partial charge < -0.3 is 9.47 Å². The molecule has 1 aromatic rings. The molecule has 8 atom stereocenters. The predicted octanol–water partition coefficient (Wildman–Crippen LogP) is 6.70. The molecule has 168 valence electrons. The molecule has 1 aromatic carbocycles. The Bertz CT molecular complexity index is 881. The fraction of sp³-hybridized carbons (Fsp3) is 0.667. The van der Waals surface area contributed by atoms with Gasteiger partial charge in [0.25, 0.3) is 0 Å². The van der Waals surface area contributed by atoms with Crippen molar-refractivity contribution in [3.05, 3.63) is 41.4 Å². The number of benzene rings is 1. The number of hydrogen-bond donors (Lipinski definition) is 0. The highest BCUT2D eigenvalue weighted by atomic mass is 35.5. The van der Waals surface area contributed by atoms with Crippen LogP contribution in [-0.4, -0.2) is 18.7 Å². The third-order valence-corrected chi connectivity index (χ3v) is 9.87. The summed E-state index contributed by atoms with van der Waals surface area (Å²) < 4.78 is 11.9.